The molecule has 140 valence electrons. The zero-order chi connectivity index (χ0) is 18.9. The fourth-order valence-electron chi connectivity index (χ4n) is 3.79. The van der Waals surface area contributed by atoms with Crippen molar-refractivity contribution in [3.63, 3.8) is 0 Å². The molecule has 0 unspecified atom stereocenters. The van der Waals surface area contributed by atoms with Gasteiger partial charge in [0.15, 0.2) is 16.6 Å². The molecule has 0 saturated carbocycles. The van der Waals surface area contributed by atoms with E-state index in [9.17, 15) is 0 Å². The second-order valence-corrected chi connectivity index (χ2v) is 19.1. The smallest absolute Gasteiger partial charge is 0.177 e. The van der Waals surface area contributed by atoms with Crippen LogP contribution in [-0.2, 0) is 4.12 Å². The monoisotopic (exact) mass is 374 g/mol. The fraction of sp³-hybridized carbons (Fsp3) is 0.636. The van der Waals surface area contributed by atoms with Gasteiger partial charge in [-0.2, -0.15) is 0 Å². The lowest BCUT2D eigenvalue weighted by atomic mass is 9.84. The van der Waals surface area contributed by atoms with Crippen LogP contribution in [0.5, 0.6) is 0 Å². The maximum atomic E-state index is 6.86. The van der Waals surface area contributed by atoms with Gasteiger partial charge in [-0.15, -0.1) is 0 Å². The molecular weight excluding hydrogens is 336 g/mol. The highest BCUT2D eigenvalue weighted by Crippen LogP contribution is 2.35. The van der Waals surface area contributed by atoms with Crippen molar-refractivity contribution in [2.45, 2.75) is 78.8 Å². The summed E-state index contributed by atoms with van der Waals surface area (Å²) in [6.07, 6.45) is 16.6. The van der Waals surface area contributed by atoms with Crippen LogP contribution >= 0.6 is 0 Å². The molecule has 1 nitrogen and oxygen atoms in total. The van der Waals surface area contributed by atoms with Crippen molar-refractivity contribution in [1.82, 2.24) is 0 Å². The predicted molar refractivity (Wildman–Crippen MR) is 117 cm³/mol. The van der Waals surface area contributed by atoms with Crippen LogP contribution in [0.3, 0.4) is 0 Å². The van der Waals surface area contributed by atoms with Gasteiger partial charge in [0.25, 0.3) is 0 Å². The van der Waals surface area contributed by atoms with E-state index < -0.39 is 16.6 Å². The molecule has 3 heteroatoms. The Morgan fingerprint density at radius 2 is 1.12 bits per heavy atom. The average Bonchev–Trinajstić information content (AvgIpc) is 2.42. The third-order valence-corrected chi connectivity index (χ3v) is 12.0. The standard InChI is InChI=1S/C22H38OSi2/c1-21(2)13-9-19(10-14-21)17-24(5,6)23-25(7,8)18-20-11-15-22(3,4)16-12-20/h9-13,15H,14,16-18H2,1-8H3. The molecule has 0 fully saturated rings. The zero-order valence-corrected chi connectivity index (χ0v) is 19.7. The van der Waals surface area contributed by atoms with E-state index in [0.29, 0.717) is 10.8 Å². The van der Waals surface area contributed by atoms with E-state index in [1.165, 1.54) is 11.1 Å². The Kier molecular flexibility index (Phi) is 5.92. The summed E-state index contributed by atoms with van der Waals surface area (Å²) >= 11 is 0. The fourth-order valence-corrected chi connectivity index (χ4v) is 12.8. The average molecular weight is 375 g/mol. The van der Waals surface area contributed by atoms with Crippen molar-refractivity contribution >= 4 is 16.6 Å². The Labute approximate surface area is 158 Å². The highest BCUT2D eigenvalue weighted by atomic mass is 28.4. The van der Waals surface area contributed by atoms with Gasteiger partial charge in [-0.3, -0.25) is 0 Å². The molecule has 25 heavy (non-hydrogen) atoms. The maximum absolute atomic E-state index is 6.86. The second-order valence-electron chi connectivity index (χ2n) is 10.6. The maximum Gasteiger partial charge on any atom is 0.177 e. The largest absolute Gasteiger partial charge is 0.455 e. The molecule has 0 saturated heterocycles. The van der Waals surface area contributed by atoms with E-state index in [1.54, 1.807) is 0 Å². The minimum absolute atomic E-state index is 0.317. The Morgan fingerprint density at radius 1 is 0.760 bits per heavy atom. The van der Waals surface area contributed by atoms with Crippen LogP contribution in [0.1, 0.15) is 40.5 Å². The van der Waals surface area contributed by atoms with Crippen LogP contribution in [0.4, 0.5) is 0 Å². The Balaban J connectivity index is 1.95. The Bertz CT molecular complexity index is 562. The van der Waals surface area contributed by atoms with E-state index in [1.807, 2.05) is 0 Å². The summed E-state index contributed by atoms with van der Waals surface area (Å²) in [5.74, 6) is 0. The molecule has 0 amide bonds. The lowest BCUT2D eigenvalue weighted by molar-refractivity contribution is 0.480. The van der Waals surface area contributed by atoms with Gasteiger partial charge >= 0.3 is 0 Å². The zero-order valence-electron chi connectivity index (χ0n) is 17.7. The van der Waals surface area contributed by atoms with Gasteiger partial charge in [-0.25, -0.2) is 0 Å². The molecule has 2 aliphatic carbocycles. The normalized spacial score (nSPS) is 22.6. The van der Waals surface area contributed by atoms with Crippen molar-refractivity contribution in [3.8, 4) is 0 Å². The van der Waals surface area contributed by atoms with Crippen LogP contribution in [0.15, 0.2) is 47.6 Å². The molecule has 0 bridgehead atoms. The molecule has 2 aliphatic rings. The van der Waals surface area contributed by atoms with Gasteiger partial charge in [-0.05, 0) is 61.9 Å². The summed E-state index contributed by atoms with van der Waals surface area (Å²) in [4.78, 5) is 0. The van der Waals surface area contributed by atoms with E-state index in [4.69, 9.17) is 4.12 Å². The topological polar surface area (TPSA) is 9.23 Å². The van der Waals surface area contributed by atoms with Gasteiger partial charge in [0.05, 0.1) is 0 Å². The van der Waals surface area contributed by atoms with Crippen molar-refractivity contribution in [2.75, 3.05) is 0 Å². The van der Waals surface area contributed by atoms with E-state index in [0.717, 1.165) is 24.9 Å². The second kappa shape index (κ2) is 7.17. The minimum atomic E-state index is -1.69. The molecule has 0 aromatic carbocycles. The Morgan fingerprint density at radius 3 is 1.40 bits per heavy atom. The molecule has 0 spiro atoms. The number of rotatable bonds is 6. The highest BCUT2D eigenvalue weighted by molar-refractivity contribution is 6.85. The lowest BCUT2D eigenvalue weighted by Crippen LogP contribution is -2.44. The molecule has 0 aromatic heterocycles. The molecule has 0 atom stereocenters. The van der Waals surface area contributed by atoms with Crippen LogP contribution in [-0.4, -0.2) is 16.6 Å². The van der Waals surface area contributed by atoms with Crippen LogP contribution in [0, 0.1) is 10.8 Å². The van der Waals surface area contributed by atoms with Crippen molar-refractivity contribution in [3.05, 3.63) is 47.6 Å². The van der Waals surface area contributed by atoms with E-state index in [2.05, 4.69) is 90.3 Å². The SMILES string of the molecule is CC1(C)C=CC(C[Si](C)(C)O[Si](C)(C)CC2=CCC(C)(C)C=C2)=CC1. The Hall–Kier alpha value is -0.646. The number of allylic oxidation sites excluding steroid dienone is 8. The van der Waals surface area contributed by atoms with Gasteiger partial charge < -0.3 is 4.12 Å². The first-order chi connectivity index (χ1) is 11.3. The molecule has 0 aromatic rings. The van der Waals surface area contributed by atoms with Gasteiger partial charge in [0.1, 0.15) is 0 Å². The summed E-state index contributed by atoms with van der Waals surface area (Å²) in [5.41, 5.74) is 3.61. The number of hydrogen-bond donors (Lipinski definition) is 0. The minimum Gasteiger partial charge on any atom is -0.455 e. The molecule has 0 heterocycles. The summed E-state index contributed by atoms with van der Waals surface area (Å²) < 4.78 is 6.86. The summed E-state index contributed by atoms with van der Waals surface area (Å²) in [5, 5.41) is 0. The first kappa shape index (κ1) is 20.7. The van der Waals surface area contributed by atoms with Crippen molar-refractivity contribution < 1.29 is 4.12 Å². The molecule has 0 radical (unpaired) electrons. The van der Waals surface area contributed by atoms with E-state index >= 15 is 0 Å². The van der Waals surface area contributed by atoms with Gasteiger partial charge in [0, 0.05) is 0 Å². The van der Waals surface area contributed by atoms with Crippen LogP contribution < -0.4 is 0 Å². The molecule has 2 rings (SSSR count). The number of hydrogen-bond acceptors (Lipinski definition) is 1. The first-order valence-corrected chi connectivity index (χ1v) is 16.0. The van der Waals surface area contributed by atoms with Gasteiger partial charge in [-0.1, -0.05) is 75.3 Å². The summed E-state index contributed by atoms with van der Waals surface area (Å²) in [6, 6.07) is 2.27. The third-order valence-electron chi connectivity index (χ3n) is 5.09. The predicted octanol–water partition coefficient (Wildman–Crippen LogP) is 7.24. The van der Waals surface area contributed by atoms with Crippen LogP contribution in [0.25, 0.3) is 0 Å². The third kappa shape index (κ3) is 6.88. The van der Waals surface area contributed by atoms with E-state index in [-0.39, 0.29) is 0 Å². The summed E-state index contributed by atoms with van der Waals surface area (Å²) in [6.45, 7) is 18.8. The highest BCUT2D eigenvalue weighted by Gasteiger charge is 2.34. The van der Waals surface area contributed by atoms with Crippen molar-refractivity contribution in [1.29, 1.82) is 0 Å². The van der Waals surface area contributed by atoms with Crippen molar-refractivity contribution in [2.24, 2.45) is 10.8 Å². The quantitative estimate of drug-likeness (QED) is 0.445. The molecule has 0 N–H and O–H groups in total. The molecular formula is C22H38OSi2. The van der Waals surface area contributed by atoms with Crippen LogP contribution in [0.2, 0.25) is 38.3 Å². The lowest BCUT2D eigenvalue weighted by Gasteiger charge is -2.36. The summed E-state index contributed by atoms with van der Waals surface area (Å²) in [7, 11) is -3.39. The first-order valence-electron chi connectivity index (χ1n) is 9.74. The van der Waals surface area contributed by atoms with Gasteiger partial charge in [0.2, 0.25) is 0 Å². The molecule has 0 aliphatic heterocycles.